The number of furan rings is 1. The van der Waals surface area contributed by atoms with Crippen LogP contribution in [0.25, 0.3) is 11.3 Å². The van der Waals surface area contributed by atoms with E-state index in [9.17, 15) is 4.79 Å². The molecule has 3 atom stereocenters. The van der Waals surface area contributed by atoms with Crippen LogP contribution in [0.1, 0.15) is 35.4 Å². The molecule has 1 aromatic carbocycles. The highest BCUT2D eigenvalue weighted by atomic mass is 16.3. The number of hydrogen-bond donors (Lipinski definition) is 2. The van der Waals surface area contributed by atoms with Crippen molar-refractivity contribution < 1.29 is 9.21 Å². The summed E-state index contributed by atoms with van der Waals surface area (Å²) >= 11 is 0. The topological polar surface area (TPSA) is 54.3 Å². The fraction of sp³-hybridized carbons (Fsp3) is 0.389. The van der Waals surface area contributed by atoms with E-state index < -0.39 is 0 Å². The standard InChI is InChI=1S/C18H20N2O2/c1-11-2-4-12(5-3-11)16-8-9-17(22-16)18(21)20-15-10-13-6-7-14(15)19-13/h2-5,8-9,13-15,19H,6-7,10H2,1H3,(H,20,21)/t13-,14?,15-/m1/s1. The van der Waals surface area contributed by atoms with Crippen molar-refractivity contribution in [1.29, 1.82) is 0 Å². The summed E-state index contributed by atoms with van der Waals surface area (Å²) in [6, 6.07) is 13.0. The molecule has 2 aliphatic rings. The van der Waals surface area contributed by atoms with Gasteiger partial charge in [0.15, 0.2) is 5.76 Å². The van der Waals surface area contributed by atoms with Crippen molar-refractivity contribution in [3.05, 3.63) is 47.7 Å². The highest BCUT2D eigenvalue weighted by Gasteiger charge is 2.39. The van der Waals surface area contributed by atoms with E-state index in [1.54, 1.807) is 6.07 Å². The van der Waals surface area contributed by atoms with E-state index >= 15 is 0 Å². The second-order valence-electron chi connectivity index (χ2n) is 6.39. The maximum absolute atomic E-state index is 12.3. The Morgan fingerprint density at radius 1 is 1.18 bits per heavy atom. The number of benzene rings is 1. The van der Waals surface area contributed by atoms with Gasteiger partial charge >= 0.3 is 0 Å². The maximum atomic E-state index is 12.3. The number of fused-ring (bicyclic) bond motifs is 2. The van der Waals surface area contributed by atoms with E-state index in [4.69, 9.17) is 4.42 Å². The van der Waals surface area contributed by atoms with E-state index in [1.165, 1.54) is 12.0 Å². The molecule has 4 rings (SSSR count). The largest absolute Gasteiger partial charge is 0.451 e. The minimum absolute atomic E-state index is 0.113. The molecule has 0 aliphatic carbocycles. The van der Waals surface area contributed by atoms with E-state index in [0.29, 0.717) is 17.8 Å². The molecule has 2 N–H and O–H groups in total. The fourth-order valence-corrected chi connectivity index (χ4v) is 3.56. The van der Waals surface area contributed by atoms with Gasteiger partial charge in [-0.25, -0.2) is 0 Å². The van der Waals surface area contributed by atoms with Crippen LogP contribution < -0.4 is 10.6 Å². The van der Waals surface area contributed by atoms with E-state index in [0.717, 1.165) is 24.2 Å². The van der Waals surface area contributed by atoms with Crippen LogP contribution in [-0.2, 0) is 0 Å². The third-order valence-corrected chi connectivity index (χ3v) is 4.78. The van der Waals surface area contributed by atoms with Gasteiger partial charge in [-0.15, -0.1) is 0 Å². The molecule has 2 aromatic rings. The van der Waals surface area contributed by atoms with Gasteiger partial charge in [0, 0.05) is 23.7 Å². The molecule has 0 radical (unpaired) electrons. The highest BCUT2D eigenvalue weighted by molar-refractivity contribution is 5.92. The lowest BCUT2D eigenvalue weighted by Gasteiger charge is -2.20. The zero-order valence-electron chi connectivity index (χ0n) is 12.6. The number of carbonyl (C=O) groups excluding carboxylic acids is 1. The first-order valence-electron chi connectivity index (χ1n) is 7.93. The van der Waals surface area contributed by atoms with Crippen LogP contribution in [0.4, 0.5) is 0 Å². The zero-order valence-corrected chi connectivity index (χ0v) is 12.6. The van der Waals surface area contributed by atoms with Crippen LogP contribution in [0, 0.1) is 6.92 Å². The van der Waals surface area contributed by atoms with Crippen molar-refractivity contribution in [3.8, 4) is 11.3 Å². The first kappa shape index (κ1) is 13.6. The lowest BCUT2D eigenvalue weighted by atomic mass is 9.95. The summed E-state index contributed by atoms with van der Waals surface area (Å²) in [5.41, 5.74) is 2.20. The van der Waals surface area contributed by atoms with Crippen molar-refractivity contribution in [3.63, 3.8) is 0 Å². The Bertz CT molecular complexity index is 689. The summed E-state index contributed by atoms with van der Waals surface area (Å²) in [6.45, 7) is 2.05. The molecule has 1 unspecified atom stereocenters. The minimum Gasteiger partial charge on any atom is -0.451 e. The SMILES string of the molecule is Cc1ccc(-c2ccc(C(=O)N[C@@H]3C[C@H]4CCC3N4)o2)cc1. The van der Waals surface area contributed by atoms with Gasteiger partial charge in [0.2, 0.25) is 0 Å². The molecule has 2 aliphatic heterocycles. The monoisotopic (exact) mass is 296 g/mol. The summed E-state index contributed by atoms with van der Waals surface area (Å²) in [7, 11) is 0. The van der Waals surface area contributed by atoms with Crippen LogP contribution in [0.15, 0.2) is 40.8 Å². The average molecular weight is 296 g/mol. The van der Waals surface area contributed by atoms with Crippen molar-refractivity contribution in [1.82, 2.24) is 10.6 Å². The van der Waals surface area contributed by atoms with Crippen LogP contribution in [0.3, 0.4) is 0 Å². The third-order valence-electron chi connectivity index (χ3n) is 4.78. The minimum atomic E-state index is -0.113. The first-order chi connectivity index (χ1) is 10.7. The van der Waals surface area contributed by atoms with Gasteiger partial charge in [0.1, 0.15) is 5.76 Å². The molecule has 4 heteroatoms. The predicted molar refractivity (Wildman–Crippen MR) is 84.7 cm³/mol. The molecule has 0 saturated carbocycles. The average Bonchev–Trinajstić information content (AvgIpc) is 3.24. The van der Waals surface area contributed by atoms with Gasteiger partial charge in [-0.1, -0.05) is 29.8 Å². The Labute approximate surface area is 129 Å². The Morgan fingerprint density at radius 3 is 2.68 bits per heavy atom. The Balaban J connectivity index is 1.46. The van der Waals surface area contributed by atoms with E-state index in [-0.39, 0.29) is 11.9 Å². The molecule has 2 bridgehead atoms. The number of rotatable bonds is 3. The summed E-state index contributed by atoms with van der Waals surface area (Å²) in [5, 5.41) is 6.63. The second kappa shape index (κ2) is 5.29. The van der Waals surface area contributed by atoms with Crippen LogP contribution >= 0.6 is 0 Å². The highest BCUT2D eigenvalue weighted by Crippen LogP contribution is 2.29. The van der Waals surface area contributed by atoms with Crippen molar-refractivity contribution in [2.75, 3.05) is 0 Å². The Morgan fingerprint density at radius 2 is 2.00 bits per heavy atom. The molecule has 1 amide bonds. The number of carbonyl (C=O) groups is 1. The van der Waals surface area contributed by atoms with Crippen molar-refractivity contribution in [2.45, 2.75) is 44.3 Å². The van der Waals surface area contributed by atoms with Gasteiger partial charge in [-0.2, -0.15) is 0 Å². The van der Waals surface area contributed by atoms with E-state index in [1.807, 2.05) is 37.3 Å². The summed E-state index contributed by atoms with van der Waals surface area (Å²) in [6.07, 6.45) is 3.42. The zero-order chi connectivity index (χ0) is 15.1. The van der Waals surface area contributed by atoms with Gasteiger partial charge in [0.25, 0.3) is 5.91 Å². The van der Waals surface area contributed by atoms with Gasteiger partial charge in [-0.3, -0.25) is 4.79 Å². The fourth-order valence-electron chi connectivity index (χ4n) is 3.56. The quantitative estimate of drug-likeness (QED) is 0.915. The maximum Gasteiger partial charge on any atom is 0.287 e. The number of nitrogens with one attached hydrogen (secondary N) is 2. The smallest absolute Gasteiger partial charge is 0.287 e. The number of hydrogen-bond acceptors (Lipinski definition) is 3. The van der Waals surface area contributed by atoms with Gasteiger partial charge < -0.3 is 15.1 Å². The summed E-state index contributed by atoms with van der Waals surface area (Å²) in [4.78, 5) is 12.3. The summed E-state index contributed by atoms with van der Waals surface area (Å²) in [5.74, 6) is 1.01. The number of aryl methyl sites for hydroxylation is 1. The van der Waals surface area contributed by atoms with Gasteiger partial charge in [0.05, 0.1) is 0 Å². The van der Waals surface area contributed by atoms with Crippen molar-refractivity contribution in [2.24, 2.45) is 0 Å². The number of amides is 1. The third kappa shape index (κ3) is 2.44. The molecular weight excluding hydrogens is 276 g/mol. The van der Waals surface area contributed by atoms with Crippen molar-refractivity contribution >= 4 is 5.91 Å². The lowest BCUT2D eigenvalue weighted by molar-refractivity contribution is 0.0903. The molecule has 114 valence electrons. The van der Waals surface area contributed by atoms with Gasteiger partial charge in [-0.05, 0) is 38.3 Å². The molecule has 1 aromatic heterocycles. The normalized spacial score (nSPS) is 26.3. The molecule has 4 nitrogen and oxygen atoms in total. The molecule has 2 fully saturated rings. The van der Waals surface area contributed by atoms with Crippen LogP contribution in [-0.4, -0.2) is 24.0 Å². The Hall–Kier alpha value is -2.07. The van der Waals surface area contributed by atoms with Crippen LogP contribution in [0.2, 0.25) is 0 Å². The Kier molecular flexibility index (Phi) is 3.26. The molecular formula is C18H20N2O2. The van der Waals surface area contributed by atoms with E-state index in [2.05, 4.69) is 10.6 Å². The molecule has 22 heavy (non-hydrogen) atoms. The summed E-state index contributed by atoms with van der Waals surface area (Å²) < 4.78 is 5.73. The first-order valence-corrected chi connectivity index (χ1v) is 7.93. The molecule has 0 spiro atoms. The molecule has 3 heterocycles. The second-order valence-corrected chi connectivity index (χ2v) is 6.39. The predicted octanol–water partition coefficient (Wildman–Crippen LogP) is 2.88. The van der Waals surface area contributed by atoms with Crippen LogP contribution in [0.5, 0.6) is 0 Å². The lowest BCUT2D eigenvalue weighted by Crippen LogP contribution is -2.42. The molecule has 2 saturated heterocycles.